The maximum Gasteiger partial charge on any atom is 0.320 e. The van der Waals surface area contributed by atoms with Crippen molar-refractivity contribution >= 4 is 17.7 Å². The summed E-state index contributed by atoms with van der Waals surface area (Å²) < 4.78 is 6.07. The summed E-state index contributed by atoms with van der Waals surface area (Å²) in [5.41, 5.74) is 5.67. The molecule has 1 aliphatic carbocycles. The van der Waals surface area contributed by atoms with Crippen molar-refractivity contribution in [3.63, 3.8) is 0 Å². The summed E-state index contributed by atoms with van der Waals surface area (Å²) in [5.74, 6) is -0.0508. The Kier molecular flexibility index (Phi) is 5.54. The van der Waals surface area contributed by atoms with Crippen molar-refractivity contribution in [3.05, 3.63) is 0 Å². The van der Waals surface area contributed by atoms with Gasteiger partial charge in [-0.2, -0.15) is 11.8 Å². The summed E-state index contributed by atoms with van der Waals surface area (Å²) in [7, 11) is 0. The minimum atomic E-state index is -0.892. The van der Waals surface area contributed by atoms with E-state index in [0.29, 0.717) is 11.7 Å². The van der Waals surface area contributed by atoms with Gasteiger partial charge < -0.3 is 15.6 Å². The summed E-state index contributed by atoms with van der Waals surface area (Å²) >= 11 is 1.89. The summed E-state index contributed by atoms with van der Waals surface area (Å²) in [6.07, 6.45) is 9.13. The molecule has 2 rings (SSSR count). The Morgan fingerprint density at radius 3 is 2.84 bits per heavy atom. The van der Waals surface area contributed by atoms with E-state index in [0.717, 1.165) is 25.2 Å². The quantitative estimate of drug-likeness (QED) is 0.812. The van der Waals surface area contributed by atoms with Crippen LogP contribution in [0.2, 0.25) is 0 Å². The Morgan fingerprint density at radius 1 is 1.42 bits per heavy atom. The smallest absolute Gasteiger partial charge is 0.320 e. The SMILES string of the molecule is NC(CCSC1CCOC2(CCCCC2)C1)C(=O)O. The molecule has 1 aliphatic heterocycles. The summed E-state index contributed by atoms with van der Waals surface area (Å²) in [5, 5.41) is 9.38. The Labute approximate surface area is 119 Å². The van der Waals surface area contributed by atoms with E-state index in [4.69, 9.17) is 15.6 Å². The van der Waals surface area contributed by atoms with Crippen LogP contribution in [0.4, 0.5) is 0 Å². The number of ether oxygens (including phenoxy) is 1. The third-order valence-corrected chi connectivity index (χ3v) is 5.66. The number of nitrogens with two attached hydrogens (primary N) is 1. The molecule has 19 heavy (non-hydrogen) atoms. The molecule has 2 fully saturated rings. The van der Waals surface area contributed by atoms with Crippen molar-refractivity contribution in [3.8, 4) is 0 Å². The molecule has 2 atom stereocenters. The highest BCUT2D eigenvalue weighted by Crippen LogP contribution is 2.41. The number of aliphatic carboxylic acids is 1. The number of rotatable bonds is 5. The first kappa shape index (κ1) is 15.1. The fraction of sp³-hybridized carbons (Fsp3) is 0.929. The third kappa shape index (κ3) is 4.36. The molecule has 3 N–H and O–H groups in total. The molecular weight excluding hydrogens is 262 g/mol. The molecule has 5 heteroatoms. The Morgan fingerprint density at radius 2 is 2.16 bits per heavy atom. The van der Waals surface area contributed by atoms with E-state index >= 15 is 0 Å². The maximum atomic E-state index is 10.7. The largest absolute Gasteiger partial charge is 0.480 e. The number of hydrogen-bond acceptors (Lipinski definition) is 4. The van der Waals surface area contributed by atoms with E-state index in [1.54, 1.807) is 0 Å². The van der Waals surface area contributed by atoms with E-state index < -0.39 is 12.0 Å². The molecule has 0 radical (unpaired) electrons. The number of carboxylic acids is 1. The predicted molar refractivity (Wildman–Crippen MR) is 77.5 cm³/mol. The van der Waals surface area contributed by atoms with E-state index in [1.807, 2.05) is 11.8 Å². The highest BCUT2D eigenvalue weighted by molar-refractivity contribution is 7.99. The minimum Gasteiger partial charge on any atom is -0.480 e. The summed E-state index contributed by atoms with van der Waals surface area (Å²) in [6, 6.07) is -0.712. The van der Waals surface area contributed by atoms with Gasteiger partial charge in [0.1, 0.15) is 6.04 Å². The lowest BCUT2D eigenvalue weighted by molar-refractivity contribution is -0.138. The molecule has 1 saturated heterocycles. The molecule has 1 heterocycles. The van der Waals surface area contributed by atoms with Crippen LogP contribution in [0, 0.1) is 0 Å². The lowest BCUT2D eigenvalue weighted by atomic mass is 9.80. The fourth-order valence-corrected chi connectivity index (χ4v) is 4.56. The molecular formula is C14H25NO3S. The van der Waals surface area contributed by atoms with Crippen LogP contribution in [-0.4, -0.2) is 40.3 Å². The van der Waals surface area contributed by atoms with Gasteiger partial charge in [-0.1, -0.05) is 19.3 Å². The molecule has 1 saturated carbocycles. The van der Waals surface area contributed by atoms with Crippen molar-refractivity contribution in [1.29, 1.82) is 0 Å². The lowest BCUT2D eigenvalue weighted by Gasteiger charge is -2.43. The van der Waals surface area contributed by atoms with Crippen molar-refractivity contribution in [1.82, 2.24) is 0 Å². The summed E-state index contributed by atoms with van der Waals surface area (Å²) in [4.78, 5) is 10.7. The van der Waals surface area contributed by atoms with Gasteiger partial charge in [0.25, 0.3) is 0 Å². The van der Waals surface area contributed by atoms with Gasteiger partial charge in [-0.05, 0) is 37.9 Å². The van der Waals surface area contributed by atoms with Gasteiger partial charge in [-0.25, -0.2) is 0 Å². The van der Waals surface area contributed by atoms with Crippen molar-refractivity contribution < 1.29 is 14.6 Å². The Balaban J connectivity index is 1.73. The number of hydrogen-bond donors (Lipinski definition) is 2. The molecule has 4 nitrogen and oxygen atoms in total. The Bertz CT molecular complexity index is 300. The zero-order chi connectivity index (χ0) is 13.7. The van der Waals surface area contributed by atoms with Gasteiger partial charge in [0, 0.05) is 11.9 Å². The highest BCUT2D eigenvalue weighted by Gasteiger charge is 2.38. The fourth-order valence-electron chi connectivity index (χ4n) is 3.15. The number of carbonyl (C=O) groups is 1. The zero-order valence-corrected chi connectivity index (χ0v) is 12.3. The first-order valence-corrected chi connectivity index (χ1v) is 8.40. The molecule has 0 aromatic rings. The van der Waals surface area contributed by atoms with Gasteiger partial charge in [-0.3, -0.25) is 4.79 Å². The van der Waals surface area contributed by atoms with Crippen LogP contribution in [-0.2, 0) is 9.53 Å². The lowest BCUT2D eigenvalue weighted by Crippen LogP contribution is -2.42. The van der Waals surface area contributed by atoms with E-state index in [2.05, 4.69) is 0 Å². The summed E-state index contributed by atoms with van der Waals surface area (Å²) in [6.45, 7) is 0.864. The minimum absolute atomic E-state index is 0.142. The average molecular weight is 287 g/mol. The zero-order valence-electron chi connectivity index (χ0n) is 11.5. The van der Waals surface area contributed by atoms with Crippen LogP contribution in [0.1, 0.15) is 51.4 Å². The molecule has 110 valence electrons. The van der Waals surface area contributed by atoms with Crippen LogP contribution >= 0.6 is 11.8 Å². The average Bonchev–Trinajstić information content (AvgIpc) is 2.39. The van der Waals surface area contributed by atoms with E-state index in [-0.39, 0.29) is 5.60 Å². The van der Waals surface area contributed by atoms with E-state index in [1.165, 1.54) is 32.1 Å². The van der Waals surface area contributed by atoms with Gasteiger partial charge >= 0.3 is 5.97 Å². The van der Waals surface area contributed by atoms with E-state index in [9.17, 15) is 4.79 Å². The molecule has 1 spiro atoms. The van der Waals surface area contributed by atoms with Crippen LogP contribution < -0.4 is 5.73 Å². The van der Waals surface area contributed by atoms with Gasteiger partial charge in [0.2, 0.25) is 0 Å². The van der Waals surface area contributed by atoms with Gasteiger partial charge in [0.15, 0.2) is 0 Å². The normalized spacial score (nSPS) is 28.2. The molecule has 2 unspecified atom stereocenters. The topological polar surface area (TPSA) is 72.5 Å². The molecule has 0 aromatic heterocycles. The Hall–Kier alpha value is -0.260. The monoisotopic (exact) mass is 287 g/mol. The standard InChI is InChI=1S/C14H25NO3S/c15-12(13(16)17)5-9-19-11-4-8-18-14(10-11)6-2-1-3-7-14/h11-12H,1-10,15H2,(H,16,17). The molecule has 0 bridgehead atoms. The first-order chi connectivity index (χ1) is 9.11. The van der Waals surface area contributed by atoms with Crippen LogP contribution in [0.3, 0.4) is 0 Å². The predicted octanol–water partition coefficient (Wildman–Crippen LogP) is 2.40. The second-order valence-electron chi connectivity index (χ2n) is 5.81. The van der Waals surface area contributed by atoms with Crippen molar-refractivity contribution in [2.75, 3.05) is 12.4 Å². The number of carboxylic acid groups (broad SMARTS) is 1. The van der Waals surface area contributed by atoms with Crippen LogP contribution in [0.5, 0.6) is 0 Å². The second kappa shape index (κ2) is 6.95. The first-order valence-electron chi connectivity index (χ1n) is 7.35. The van der Waals surface area contributed by atoms with Crippen molar-refractivity contribution in [2.24, 2.45) is 5.73 Å². The number of thioether (sulfide) groups is 1. The maximum absolute atomic E-state index is 10.7. The molecule has 2 aliphatic rings. The third-order valence-electron chi connectivity index (χ3n) is 4.31. The molecule has 0 aromatic carbocycles. The second-order valence-corrected chi connectivity index (χ2v) is 7.22. The molecule has 0 amide bonds. The van der Waals surface area contributed by atoms with Crippen LogP contribution in [0.25, 0.3) is 0 Å². The van der Waals surface area contributed by atoms with Gasteiger partial charge in [-0.15, -0.1) is 0 Å². The van der Waals surface area contributed by atoms with Crippen LogP contribution in [0.15, 0.2) is 0 Å². The van der Waals surface area contributed by atoms with Crippen molar-refractivity contribution in [2.45, 2.75) is 68.3 Å². The highest BCUT2D eigenvalue weighted by atomic mass is 32.2. The van der Waals surface area contributed by atoms with Gasteiger partial charge in [0.05, 0.1) is 5.60 Å².